The smallest absolute Gasteiger partial charge is 0.244 e. The number of nitrogens with one attached hydrogen (secondary N) is 2. The highest BCUT2D eigenvalue weighted by Gasteiger charge is 2.33. The summed E-state index contributed by atoms with van der Waals surface area (Å²) >= 11 is 30.8. The van der Waals surface area contributed by atoms with Crippen molar-refractivity contribution in [3.05, 3.63) is 96.9 Å². The zero-order valence-electron chi connectivity index (χ0n) is 16.7. The maximum Gasteiger partial charge on any atom is 0.244 e. The monoisotopic (exact) mass is 561 g/mol. The Hall–Kier alpha value is -1.51. The average molecular weight is 564 g/mol. The van der Waals surface area contributed by atoms with E-state index in [1.54, 1.807) is 36.4 Å². The largest absolute Gasteiger partial charge is 0.302 e. The van der Waals surface area contributed by atoms with Gasteiger partial charge in [0.2, 0.25) is 10.0 Å². The molecule has 0 amide bonds. The molecule has 2 atom stereocenters. The third-order valence-electron chi connectivity index (χ3n) is 5.12. The Morgan fingerprint density at radius 2 is 1.52 bits per heavy atom. The number of sulfonamides is 1. The van der Waals surface area contributed by atoms with Crippen LogP contribution in [0.15, 0.2) is 70.7 Å². The Balaban J connectivity index is 1.71. The van der Waals surface area contributed by atoms with Crippen molar-refractivity contribution in [3.63, 3.8) is 0 Å². The fraction of sp³-hybridized carbons (Fsp3) is 0.136. The molecular formula is C22H16Cl5N3O2S. The molecule has 3 aromatic carbocycles. The van der Waals surface area contributed by atoms with E-state index < -0.39 is 16.1 Å². The van der Waals surface area contributed by atoms with Crippen LogP contribution in [0, 0.1) is 0 Å². The Kier molecular flexibility index (Phi) is 7.46. The second-order valence-electron chi connectivity index (χ2n) is 7.31. The zero-order valence-corrected chi connectivity index (χ0v) is 21.3. The van der Waals surface area contributed by atoms with Crippen molar-refractivity contribution >= 4 is 73.7 Å². The van der Waals surface area contributed by atoms with Gasteiger partial charge in [-0.05, 0) is 47.5 Å². The first-order valence-corrected chi connectivity index (χ1v) is 13.0. The van der Waals surface area contributed by atoms with Gasteiger partial charge in [-0.1, -0.05) is 82.3 Å². The van der Waals surface area contributed by atoms with Gasteiger partial charge < -0.3 is 5.43 Å². The summed E-state index contributed by atoms with van der Waals surface area (Å²) in [6.07, 6.45) is 0.421. The summed E-state index contributed by atoms with van der Waals surface area (Å²) in [7, 11) is -4.15. The van der Waals surface area contributed by atoms with Crippen LogP contribution in [-0.4, -0.2) is 14.1 Å². The minimum absolute atomic E-state index is 0.00137. The zero-order chi connectivity index (χ0) is 23.8. The van der Waals surface area contributed by atoms with Crippen LogP contribution in [0.25, 0.3) is 0 Å². The lowest BCUT2D eigenvalue weighted by molar-refractivity contribution is 0.576. The molecule has 1 heterocycles. The summed E-state index contributed by atoms with van der Waals surface area (Å²) in [4.78, 5) is -0.218. The Bertz CT molecular complexity index is 1310. The molecule has 0 aliphatic carbocycles. The third kappa shape index (κ3) is 5.43. The number of hydrogen-bond acceptors (Lipinski definition) is 4. The number of hydrogen-bond donors (Lipinski definition) is 2. The molecule has 1 aliphatic rings. The molecule has 0 spiro atoms. The van der Waals surface area contributed by atoms with Gasteiger partial charge in [0, 0.05) is 21.5 Å². The molecule has 1 aliphatic heterocycles. The summed E-state index contributed by atoms with van der Waals surface area (Å²) in [6, 6.07) is 15.6. The third-order valence-corrected chi connectivity index (χ3v) is 8.31. The van der Waals surface area contributed by atoms with Crippen molar-refractivity contribution in [2.75, 3.05) is 0 Å². The highest BCUT2D eigenvalue weighted by molar-refractivity contribution is 7.89. The minimum Gasteiger partial charge on any atom is -0.302 e. The first-order chi connectivity index (χ1) is 15.7. The van der Waals surface area contributed by atoms with Crippen LogP contribution in [0.1, 0.15) is 29.6 Å². The molecule has 172 valence electrons. The lowest BCUT2D eigenvalue weighted by atomic mass is 9.96. The summed E-state index contributed by atoms with van der Waals surface area (Å²) in [5.41, 5.74) is 5.04. The lowest BCUT2D eigenvalue weighted by Crippen LogP contribution is -2.34. The van der Waals surface area contributed by atoms with Gasteiger partial charge in [0.25, 0.3) is 0 Å². The van der Waals surface area contributed by atoms with Gasteiger partial charge in [-0.2, -0.15) is 9.82 Å². The maximum atomic E-state index is 13.3. The fourth-order valence-corrected chi connectivity index (χ4v) is 6.52. The molecule has 0 aromatic heterocycles. The van der Waals surface area contributed by atoms with Crippen LogP contribution < -0.4 is 10.1 Å². The molecule has 4 rings (SSSR count). The van der Waals surface area contributed by atoms with Crippen LogP contribution >= 0.6 is 58.0 Å². The second kappa shape index (κ2) is 10.0. The van der Waals surface area contributed by atoms with Crippen LogP contribution in [0.5, 0.6) is 0 Å². The van der Waals surface area contributed by atoms with Crippen LogP contribution in [0.4, 0.5) is 0 Å². The fourth-order valence-electron chi connectivity index (χ4n) is 3.53. The first-order valence-electron chi connectivity index (χ1n) is 9.64. The Morgan fingerprint density at radius 1 is 0.879 bits per heavy atom. The van der Waals surface area contributed by atoms with Crippen molar-refractivity contribution in [1.82, 2.24) is 10.1 Å². The summed E-state index contributed by atoms with van der Waals surface area (Å²) in [6.45, 7) is 0. The van der Waals surface area contributed by atoms with Gasteiger partial charge in [-0.25, -0.2) is 8.42 Å². The number of halogens is 5. The van der Waals surface area contributed by atoms with Crippen molar-refractivity contribution in [2.45, 2.75) is 23.4 Å². The number of benzene rings is 3. The van der Waals surface area contributed by atoms with Crippen molar-refractivity contribution in [3.8, 4) is 0 Å². The topological polar surface area (TPSA) is 70.6 Å². The van der Waals surface area contributed by atoms with Gasteiger partial charge in [-0.3, -0.25) is 0 Å². The summed E-state index contributed by atoms with van der Waals surface area (Å²) in [5, 5.41) is 5.76. The van der Waals surface area contributed by atoms with Gasteiger partial charge in [0.1, 0.15) is 4.90 Å². The molecule has 2 unspecified atom stereocenters. The predicted octanol–water partition coefficient (Wildman–Crippen LogP) is 7.06. The van der Waals surface area contributed by atoms with E-state index >= 15 is 0 Å². The van der Waals surface area contributed by atoms with Crippen LogP contribution in [0.3, 0.4) is 0 Å². The van der Waals surface area contributed by atoms with E-state index in [1.165, 1.54) is 12.1 Å². The standard InChI is InChI=1S/C22H16Cl5N3O2S/c23-13-6-4-12(5-7-13)19-11-20(29-28-19)21(15-9-8-14(24)10-18(15)27)30-33(31,32)22-16(25)2-1-3-17(22)26/h1-10,19,21,28,30H,11H2. The minimum atomic E-state index is -4.15. The Labute approximate surface area is 216 Å². The van der Waals surface area contributed by atoms with E-state index in [1.807, 2.05) is 12.1 Å². The summed E-state index contributed by atoms with van der Waals surface area (Å²) < 4.78 is 29.4. The molecule has 3 aromatic rings. The molecule has 0 radical (unpaired) electrons. The number of nitrogens with zero attached hydrogens (tertiary/aromatic N) is 1. The lowest BCUT2D eigenvalue weighted by Gasteiger charge is -2.21. The number of hydrazone groups is 1. The molecule has 5 nitrogen and oxygen atoms in total. The first kappa shape index (κ1) is 24.6. The van der Waals surface area contributed by atoms with Crippen molar-refractivity contribution < 1.29 is 8.42 Å². The van der Waals surface area contributed by atoms with Gasteiger partial charge in [0.15, 0.2) is 0 Å². The van der Waals surface area contributed by atoms with Crippen molar-refractivity contribution in [1.29, 1.82) is 0 Å². The average Bonchev–Trinajstić information content (AvgIpc) is 3.23. The molecule has 0 fully saturated rings. The van der Waals surface area contributed by atoms with E-state index in [4.69, 9.17) is 58.0 Å². The molecular weight excluding hydrogens is 548 g/mol. The Morgan fingerprint density at radius 3 is 2.15 bits per heavy atom. The predicted molar refractivity (Wildman–Crippen MR) is 135 cm³/mol. The van der Waals surface area contributed by atoms with Gasteiger partial charge >= 0.3 is 0 Å². The van der Waals surface area contributed by atoms with E-state index in [-0.39, 0.29) is 26.0 Å². The highest BCUT2D eigenvalue weighted by Crippen LogP contribution is 2.35. The van der Waals surface area contributed by atoms with E-state index in [9.17, 15) is 8.42 Å². The SMILES string of the molecule is O=S(=O)(NC(C1=NNC(c2ccc(Cl)cc2)C1)c1ccc(Cl)cc1Cl)c1c(Cl)cccc1Cl. The van der Waals surface area contributed by atoms with Crippen LogP contribution in [0.2, 0.25) is 25.1 Å². The quantitative estimate of drug-likeness (QED) is 0.337. The molecule has 2 N–H and O–H groups in total. The van der Waals surface area contributed by atoms with Gasteiger partial charge in [0.05, 0.1) is 27.8 Å². The molecule has 0 bridgehead atoms. The molecule has 0 saturated heterocycles. The molecule has 33 heavy (non-hydrogen) atoms. The van der Waals surface area contributed by atoms with E-state index in [2.05, 4.69) is 15.2 Å². The number of rotatable bonds is 6. The van der Waals surface area contributed by atoms with Gasteiger partial charge in [-0.15, -0.1) is 0 Å². The molecule has 11 heteroatoms. The summed E-state index contributed by atoms with van der Waals surface area (Å²) in [5.74, 6) is 0. The van der Waals surface area contributed by atoms with Crippen molar-refractivity contribution in [2.24, 2.45) is 5.10 Å². The normalized spacial score (nSPS) is 16.9. The van der Waals surface area contributed by atoms with E-state index in [0.717, 1.165) is 5.56 Å². The van der Waals surface area contributed by atoms with E-state index in [0.29, 0.717) is 27.7 Å². The molecule has 0 saturated carbocycles. The second-order valence-corrected chi connectivity index (χ2v) is 11.1. The maximum absolute atomic E-state index is 13.3. The highest BCUT2D eigenvalue weighted by atomic mass is 35.5. The van der Waals surface area contributed by atoms with Crippen LogP contribution in [-0.2, 0) is 10.0 Å².